The van der Waals surface area contributed by atoms with E-state index in [0.29, 0.717) is 0 Å². The maximum Gasteiger partial charge on any atom is 0.416 e. The Morgan fingerprint density at radius 1 is 1.32 bits per heavy atom. The van der Waals surface area contributed by atoms with Crippen LogP contribution in [0, 0.1) is 5.92 Å². The van der Waals surface area contributed by atoms with Crippen molar-refractivity contribution in [3.63, 3.8) is 0 Å². The zero-order valence-corrected chi connectivity index (χ0v) is 10.6. The van der Waals surface area contributed by atoms with Gasteiger partial charge in [-0.2, -0.15) is 26.3 Å². The van der Waals surface area contributed by atoms with Gasteiger partial charge in [-0.1, -0.05) is 12.1 Å². The van der Waals surface area contributed by atoms with E-state index in [2.05, 4.69) is 4.72 Å². The fourth-order valence-electron chi connectivity index (χ4n) is 1.95. The molecule has 1 aliphatic rings. The van der Waals surface area contributed by atoms with Gasteiger partial charge in [-0.15, -0.1) is 0 Å². The van der Waals surface area contributed by atoms with E-state index in [1.807, 2.05) is 0 Å². The van der Waals surface area contributed by atoms with Gasteiger partial charge in [-0.05, 0) is 36.5 Å². The van der Waals surface area contributed by atoms with Crippen molar-refractivity contribution in [2.45, 2.75) is 25.1 Å². The SMILES string of the molecule is NS(=O)(=O)N[C@@H](c1cccc(C(F)(F)F)c1)C1CC1. The Kier molecular flexibility index (Phi) is 3.59. The van der Waals surface area contributed by atoms with Gasteiger partial charge in [-0.25, -0.2) is 5.14 Å². The molecular weight excluding hydrogens is 281 g/mol. The molecule has 0 bridgehead atoms. The van der Waals surface area contributed by atoms with Crippen LogP contribution in [0.25, 0.3) is 0 Å². The molecule has 19 heavy (non-hydrogen) atoms. The zero-order chi connectivity index (χ0) is 14.3. The number of benzene rings is 1. The molecule has 1 aromatic rings. The smallest absolute Gasteiger partial charge is 0.216 e. The fraction of sp³-hybridized carbons (Fsp3) is 0.455. The molecule has 0 amide bonds. The van der Waals surface area contributed by atoms with Crippen LogP contribution in [0.3, 0.4) is 0 Å². The number of hydrogen-bond donors (Lipinski definition) is 2. The Bertz CT molecular complexity index is 568. The largest absolute Gasteiger partial charge is 0.416 e. The number of hydrogen-bond acceptors (Lipinski definition) is 2. The lowest BCUT2D eigenvalue weighted by Crippen LogP contribution is -2.35. The fourth-order valence-corrected chi connectivity index (χ4v) is 2.63. The summed E-state index contributed by atoms with van der Waals surface area (Å²) < 4.78 is 62.2. The van der Waals surface area contributed by atoms with Gasteiger partial charge in [0.15, 0.2) is 0 Å². The third kappa shape index (κ3) is 3.92. The first-order valence-corrected chi connectivity index (χ1v) is 7.18. The van der Waals surface area contributed by atoms with Crippen LogP contribution in [0.15, 0.2) is 24.3 Å². The Morgan fingerprint density at radius 3 is 2.42 bits per heavy atom. The summed E-state index contributed by atoms with van der Waals surface area (Å²) in [6.45, 7) is 0. The normalized spacial score (nSPS) is 18.3. The lowest BCUT2D eigenvalue weighted by molar-refractivity contribution is -0.137. The van der Waals surface area contributed by atoms with Crippen molar-refractivity contribution in [1.82, 2.24) is 4.72 Å². The second-order valence-corrected chi connectivity index (χ2v) is 5.93. The summed E-state index contributed by atoms with van der Waals surface area (Å²) in [5.41, 5.74) is -0.516. The van der Waals surface area contributed by atoms with Gasteiger partial charge in [-0.3, -0.25) is 0 Å². The molecule has 1 atom stereocenters. The summed E-state index contributed by atoms with van der Waals surface area (Å²) in [6.07, 6.45) is -2.92. The third-order valence-electron chi connectivity index (χ3n) is 2.96. The van der Waals surface area contributed by atoms with Crippen molar-refractivity contribution in [2.24, 2.45) is 11.1 Å². The summed E-state index contributed by atoms with van der Waals surface area (Å²) in [6, 6.07) is 3.94. The highest BCUT2D eigenvalue weighted by atomic mass is 32.2. The van der Waals surface area contributed by atoms with E-state index in [4.69, 9.17) is 5.14 Å². The van der Waals surface area contributed by atoms with Crippen LogP contribution in [-0.2, 0) is 16.4 Å². The molecule has 1 fully saturated rings. The van der Waals surface area contributed by atoms with E-state index in [0.717, 1.165) is 25.0 Å². The van der Waals surface area contributed by atoms with Crippen LogP contribution in [0.5, 0.6) is 0 Å². The van der Waals surface area contributed by atoms with Crippen LogP contribution in [0.2, 0.25) is 0 Å². The first-order chi connectivity index (χ1) is 8.67. The molecular formula is C11H13F3N2O2S. The summed E-state index contributed by atoms with van der Waals surface area (Å²) >= 11 is 0. The molecule has 0 saturated heterocycles. The Labute approximate surface area is 109 Å². The number of halogens is 3. The molecule has 106 valence electrons. The number of rotatable bonds is 4. The predicted octanol–water partition coefficient (Wildman–Crippen LogP) is 1.95. The van der Waals surface area contributed by atoms with Crippen molar-refractivity contribution in [1.29, 1.82) is 0 Å². The monoisotopic (exact) mass is 294 g/mol. The van der Waals surface area contributed by atoms with Crippen LogP contribution in [-0.4, -0.2) is 8.42 Å². The van der Waals surface area contributed by atoms with E-state index in [1.54, 1.807) is 0 Å². The van der Waals surface area contributed by atoms with Crippen molar-refractivity contribution in [2.75, 3.05) is 0 Å². The van der Waals surface area contributed by atoms with Crippen LogP contribution in [0.1, 0.15) is 30.0 Å². The molecule has 1 saturated carbocycles. The maximum atomic E-state index is 12.6. The second kappa shape index (κ2) is 4.77. The van der Waals surface area contributed by atoms with Crippen molar-refractivity contribution >= 4 is 10.2 Å². The number of nitrogens with two attached hydrogens (primary N) is 1. The van der Waals surface area contributed by atoms with Gasteiger partial charge in [0.05, 0.1) is 11.6 Å². The van der Waals surface area contributed by atoms with Crippen LogP contribution in [0.4, 0.5) is 13.2 Å². The zero-order valence-electron chi connectivity index (χ0n) is 9.81. The summed E-state index contributed by atoms with van der Waals surface area (Å²) in [5, 5.41) is 4.90. The van der Waals surface area contributed by atoms with Gasteiger partial charge in [0.1, 0.15) is 0 Å². The van der Waals surface area contributed by atoms with Crippen LogP contribution >= 0.6 is 0 Å². The average Bonchev–Trinajstić information content (AvgIpc) is 3.07. The molecule has 1 aromatic carbocycles. The Balaban J connectivity index is 2.32. The topological polar surface area (TPSA) is 72.2 Å². The predicted molar refractivity (Wildman–Crippen MR) is 63.2 cm³/mol. The lowest BCUT2D eigenvalue weighted by atomic mass is 10.0. The first-order valence-electron chi connectivity index (χ1n) is 5.64. The Hall–Kier alpha value is -1.12. The quantitative estimate of drug-likeness (QED) is 0.891. The molecule has 8 heteroatoms. The molecule has 0 aliphatic heterocycles. The molecule has 1 aliphatic carbocycles. The van der Waals surface area contributed by atoms with Gasteiger partial charge in [0.25, 0.3) is 10.2 Å². The van der Waals surface area contributed by atoms with E-state index in [1.165, 1.54) is 12.1 Å². The number of nitrogens with one attached hydrogen (secondary N) is 1. The highest BCUT2D eigenvalue weighted by Gasteiger charge is 2.36. The summed E-state index contributed by atoms with van der Waals surface area (Å²) in [4.78, 5) is 0. The van der Waals surface area contributed by atoms with Crippen LogP contribution < -0.4 is 9.86 Å². The minimum Gasteiger partial charge on any atom is -0.216 e. The minimum absolute atomic E-state index is 0.00167. The maximum absolute atomic E-state index is 12.6. The van der Waals surface area contributed by atoms with Gasteiger partial charge in [0.2, 0.25) is 0 Å². The standard InChI is InChI=1S/C11H13F3N2O2S/c12-11(13,14)9-3-1-2-8(6-9)10(7-4-5-7)16-19(15,17)18/h1-3,6-7,10,16H,4-5H2,(H2,15,17,18)/t10-/m1/s1. The average molecular weight is 294 g/mol. The second-order valence-electron chi connectivity index (χ2n) is 4.60. The third-order valence-corrected chi connectivity index (χ3v) is 3.54. The van der Waals surface area contributed by atoms with E-state index < -0.39 is 28.0 Å². The van der Waals surface area contributed by atoms with E-state index in [-0.39, 0.29) is 11.5 Å². The Morgan fingerprint density at radius 2 is 1.95 bits per heavy atom. The van der Waals surface area contributed by atoms with Crippen molar-refractivity contribution in [3.05, 3.63) is 35.4 Å². The highest BCUT2D eigenvalue weighted by Crippen LogP contribution is 2.42. The van der Waals surface area contributed by atoms with Gasteiger partial charge >= 0.3 is 6.18 Å². The minimum atomic E-state index is -4.45. The van der Waals surface area contributed by atoms with E-state index >= 15 is 0 Å². The molecule has 0 heterocycles. The highest BCUT2D eigenvalue weighted by molar-refractivity contribution is 7.87. The molecule has 0 radical (unpaired) electrons. The first kappa shape index (κ1) is 14.3. The molecule has 4 nitrogen and oxygen atoms in total. The molecule has 0 aromatic heterocycles. The molecule has 0 unspecified atom stereocenters. The lowest BCUT2D eigenvalue weighted by Gasteiger charge is -2.18. The number of alkyl halides is 3. The summed E-state index contributed by atoms with van der Waals surface area (Å²) in [7, 11) is -3.96. The van der Waals surface area contributed by atoms with Gasteiger partial charge in [0, 0.05) is 0 Å². The van der Waals surface area contributed by atoms with Gasteiger partial charge < -0.3 is 0 Å². The molecule has 2 rings (SSSR count). The molecule has 0 spiro atoms. The van der Waals surface area contributed by atoms with E-state index in [9.17, 15) is 21.6 Å². The van der Waals surface area contributed by atoms with Crippen molar-refractivity contribution < 1.29 is 21.6 Å². The molecule has 3 N–H and O–H groups in total. The van der Waals surface area contributed by atoms with Crippen molar-refractivity contribution in [3.8, 4) is 0 Å². The summed E-state index contributed by atoms with van der Waals surface area (Å²) in [5.74, 6) is 0.00167.